The molecule has 4 rings (SSSR count). The molecule has 9 heteroatoms. The predicted octanol–water partition coefficient (Wildman–Crippen LogP) is 4.59. The zero-order valence-corrected chi connectivity index (χ0v) is 17.8. The van der Waals surface area contributed by atoms with Crippen molar-refractivity contribution in [1.82, 2.24) is 25.3 Å². The number of amides is 1. The summed E-state index contributed by atoms with van der Waals surface area (Å²) in [6.45, 7) is 0.918. The number of rotatable bonds is 7. The van der Waals surface area contributed by atoms with Gasteiger partial charge in [-0.2, -0.15) is 5.10 Å². The molecular formula is C22H17ClFN5OS. The van der Waals surface area contributed by atoms with Crippen molar-refractivity contribution >= 4 is 40.0 Å². The van der Waals surface area contributed by atoms with Crippen LogP contribution in [0.2, 0.25) is 0 Å². The molecule has 0 aliphatic rings. The highest BCUT2D eigenvalue weighted by Gasteiger charge is 2.14. The van der Waals surface area contributed by atoms with Crippen molar-refractivity contribution in [1.29, 1.82) is 0 Å². The van der Waals surface area contributed by atoms with E-state index in [0.717, 1.165) is 28.0 Å². The molecule has 2 heterocycles. The largest absolute Gasteiger partial charge is 0.346 e. The Morgan fingerprint density at radius 3 is 2.58 bits per heavy atom. The van der Waals surface area contributed by atoms with E-state index in [0.29, 0.717) is 16.6 Å². The topological polar surface area (TPSA) is 72.7 Å². The summed E-state index contributed by atoms with van der Waals surface area (Å²) in [5.74, 6) is -0.691. The molecule has 0 atom stereocenters. The molecule has 0 aliphatic heterocycles. The fourth-order valence-corrected chi connectivity index (χ4v) is 3.74. The highest BCUT2D eigenvalue weighted by atomic mass is 35.5. The Kier molecular flexibility index (Phi) is 6.49. The standard InChI is InChI=1S/C22H17ClFN5OS/c23-19(10-17-12-26-29(14-17)13-16-4-2-1-3-5-16)21-27-28-22(31-21)20(30)25-11-15-6-8-18(24)9-7-15/h1-10,12,14H,11,13H2,(H,25,30)/b19-10-. The fourth-order valence-electron chi connectivity index (χ4n) is 2.79. The lowest BCUT2D eigenvalue weighted by atomic mass is 10.2. The minimum absolute atomic E-state index is 0.198. The van der Waals surface area contributed by atoms with Crippen LogP contribution in [0, 0.1) is 5.82 Å². The first-order chi connectivity index (χ1) is 15.1. The quantitative estimate of drug-likeness (QED) is 0.444. The van der Waals surface area contributed by atoms with E-state index in [9.17, 15) is 9.18 Å². The van der Waals surface area contributed by atoms with Crippen molar-refractivity contribution in [2.45, 2.75) is 13.1 Å². The third-order valence-electron chi connectivity index (χ3n) is 4.32. The molecule has 6 nitrogen and oxygen atoms in total. The molecule has 156 valence electrons. The molecule has 0 bridgehead atoms. The molecule has 1 amide bonds. The van der Waals surface area contributed by atoms with E-state index in [2.05, 4.69) is 20.6 Å². The normalized spacial score (nSPS) is 11.5. The average Bonchev–Trinajstić information content (AvgIpc) is 3.44. The van der Waals surface area contributed by atoms with Gasteiger partial charge in [-0.05, 0) is 29.3 Å². The molecular weight excluding hydrogens is 437 g/mol. The SMILES string of the molecule is O=C(NCc1ccc(F)cc1)c1nnc(/C(Cl)=C/c2cnn(Cc3ccccc3)c2)s1. The Morgan fingerprint density at radius 2 is 1.81 bits per heavy atom. The van der Waals surface area contributed by atoms with E-state index >= 15 is 0 Å². The monoisotopic (exact) mass is 453 g/mol. The maximum Gasteiger partial charge on any atom is 0.282 e. The van der Waals surface area contributed by atoms with Gasteiger partial charge in [0.2, 0.25) is 5.01 Å². The van der Waals surface area contributed by atoms with Gasteiger partial charge in [-0.15, -0.1) is 10.2 Å². The second-order valence-electron chi connectivity index (χ2n) is 6.67. The van der Waals surface area contributed by atoms with Crippen molar-refractivity contribution in [2.75, 3.05) is 0 Å². The van der Waals surface area contributed by atoms with Crippen molar-refractivity contribution in [3.8, 4) is 0 Å². The van der Waals surface area contributed by atoms with E-state index < -0.39 is 0 Å². The summed E-state index contributed by atoms with van der Waals surface area (Å²) in [4.78, 5) is 12.3. The molecule has 2 aromatic carbocycles. The summed E-state index contributed by atoms with van der Waals surface area (Å²) in [7, 11) is 0. The summed E-state index contributed by atoms with van der Waals surface area (Å²) >= 11 is 7.47. The first-order valence-electron chi connectivity index (χ1n) is 9.37. The zero-order valence-electron chi connectivity index (χ0n) is 16.2. The molecule has 0 aliphatic carbocycles. The lowest BCUT2D eigenvalue weighted by Crippen LogP contribution is -2.22. The van der Waals surface area contributed by atoms with E-state index in [4.69, 9.17) is 11.6 Å². The van der Waals surface area contributed by atoms with E-state index in [-0.39, 0.29) is 23.3 Å². The summed E-state index contributed by atoms with van der Waals surface area (Å²) in [5.41, 5.74) is 2.75. The molecule has 4 aromatic rings. The average molecular weight is 454 g/mol. The number of nitrogens with zero attached hydrogens (tertiary/aromatic N) is 4. The van der Waals surface area contributed by atoms with Gasteiger partial charge in [0.05, 0.1) is 17.8 Å². The Labute approximate surface area is 187 Å². The number of hydrogen-bond acceptors (Lipinski definition) is 5. The number of halogens is 2. The number of nitrogens with one attached hydrogen (secondary N) is 1. The molecule has 0 unspecified atom stereocenters. The highest BCUT2D eigenvalue weighted by Crippen LogP contribution is 2.25. The van der Waals surface area contributed by atoms with E-state index in [1.807, 2.05) is 41.2 Å². The van der Waals surface area contributed by atoms with E-state index in [1.165, 1.54) is 12.1 Å². The van der Waals surface area contributed by atoms with Crippen LogP contribution in [0.4, 0.5) is 4.39 Å². The molecule has 0 saturated heterocycles. The van der Waals surface area contributed by atoms with Crippen LogP contribution in [0.1, 0.15) is 31.5 Å². The minimum atomic E-state index is -0.367. The first-order valence-corrected chi connectivity index (χ1v) is 10.6. The highest BCUT2D eigenvalue weighted by molar-refractivity contribution is 7.15. The second-order valence-corrected chi connectivity index (χ2v) is 8.06. The predicted molar refractivity (Wildman–Crippen MR) is 119 cm³/mol. The molecule has 0 radical (unpaired) electrons. The maximum atomic E-state index is 13.0. The van der Waals surface area contributed by atoms with Crippen LogP contribution in [-0.2, 0) is 13.1 Å². The van der Waals surface area contributed by atoms with Crippen LogP contribution in [0.15, 0.2) is 67.0 Å². The molecule has 0 spiro atoms. The second kappa shape index (κ2) is 9.63. The maximum absolute atomic E-state index is 13.0. The Morgan fingerprint density at radius 1 is 1.06 bits per heavy atom. The number of hydrogen-bond donors (Lipinski definition) is 1. The zero-order chi connectivity index (χ0) is 21.6. The molecule has 0 fully saturated rings. The molecule has 31 heavy (non-hydrogen) atoms. The van der Waals surface area contributed by atoms with Gasteiger partial charge in [0.1, 0.15) is 5.82 Å². The summed E-state index contributed by atoms with van der Waals surface area (Å²) in [6, 6.07) is 15.9. The van der Waals surface area contributed by atoms with Gasteiger partial charge < -0.3 is 5.32 Å². The smallest absolute Gasteiger partial charge is 0.282 e. The Bertz CT molecular complexity index is 1200. The molecule has 0 saturated carbocycles. The molecule has 1 N–H and O–H groups in total. The molecule has 2 aromatic heterocycles. The van der Waals surface area contributed by atoms with Gasteiger partial charge in [-0.3, -0.25) is 9.48 Å². The lowest BCUT2D eigenvalue weighted by molar-refractivity contribution is 0.0950. The summed E-state index contributed by atoms with van der Waals surface area (Å²) in [5, 5.41) is 16.0. The first kappa shape index (κ1) is 20.9. The van der Waals surface area contributed by atoms with Gasteiger partial charge >= 0.3 is 0 Å². The van der Waals surface area contributed by atoms with Crippen molar-refractivity contribution in [3.05, 3.63) is 99.5 Å². The van der Waals surface area contributed by atoms with Gasteiger partial charge in [0, 0.05) is 18.3 Å². The fraction of sp³-hybridized carbons (Fsp3) is 0.0909. The van der Waals surface area contributed by atoms with Gasteiger partial charge in [-0.1, -0.05) is 65.4 Å². The van der Waals surface area contributed by atoms with Gasteiger partial charge in [0.15, 0.2) is 5.01 Å². The van der Waals surface area contributed by atoms with Crippen molar-refractivity contribution in [3.63, 3.8) is 0 Å². The van der Waals surface area contributed by atoms with Crippen LogP contribution >= 0.6 is 22.9 Å². The van der Waals surface area contributed by atoms with Crippen LogP contribution in [0.25, 0.3) is 11.1 Å². The van der Waals surface area contributed by atoms with Crippen molar-refractivity contribution in [2.24, 2.45) is 0 Å². The Balaban J connectivity index is 1.38. The van der Waals surface area contributed by atoms with Gasteiger partial charge in [0.25, 0.3) is 5.91 Å². The van der Waals surface area contributed by atoms with Gasteiger partial charge in [-0.25, -0.2) is 4.39 Å². The van der Waals surface area contributed by atoms with Crippen LogP contribution in [0.5, 0.6) is 0 Å². The summed E-state index contributed by atoms with van der Waals surface area (Å²) < 4.78 is 14.8. The van der Waals surface area contributed by atoms with Crippen LogP contribution in [0.3, 0.4) is 0 Å². The van der Waals surface area contributed by atoms with Crippen LogP contribution in [-0.4, -0.2) is 25.9 Å². The third-order valence-corrected chi connectivity index (χ3v) is 5.68. The Hall–Kier alpha value is -3.36. The van der Waals surface area contributed by atoms with E-state index in [1.54, 1.807) is 24.4 Å². The third kappa shape index (κ3) is 5.62. The summed E-state index contributed by atoms with van der Waals surface area (Å²) in [6.07, 6.45) is 5.33. The van der Waals surface area contributed by atoms with Crippen molar-refractivity contribution < 1.29 is 9.18 Å². The number of aromatic nitrogens is 4. The number of carbonyl (C=O) groups is 1. The lowest BCUT2D eigenvalue weighted by Gasteiger charge is -2.02. The van der Waals surface area contributed by atoms with Crippen LogP contribution < -0.4 is 5.32 Å². The number of carbonyl (C=O) groups excluding carboxylic acids is 1. The minimum Gasteiger partial charge on any atom is -0.346 e. The number of benzene rings is 2.